The van der Waals surface area contributed by atoms with Crippen LogP contribution in [0.15, 0.2) is 33.3 Å². The van der Waals surface area contributed by atoms with Gasteiger partial charge in [0.1, 0.15) is 0 Å². The molecule has 9 rings (SSSR count). The zero-order valence-electron chi connectivity index (χ0n) is 22.5. The van der Waals surface area contributed by atoms with E-state index in [1.54, 1.807) is 4.90 Å². The summed E-state index contributed by atoms with van der Waals surface area (Å²) in [6, 6.07) is 7.55. The lowest BCUT2D eigenvalue weighted by Crippen LogP contribution is -2.53. The third-order valence-electron chi connectivity index (χ3n) is 10.2. The van der Waals surface area contributed by atoms with Crippen molar-refractivity contribution in [3.8, 4) is 11.5 Å². The molecule has 0 aliphatic heterocycles. The number of hydrogen-bond donors (Lipinski definition) is 0. The monoisotopic (exact) mass is 549 g/mol. The van der Waals surface area contributed by atoms with E-state index in [4.69, 9.17) is 14.0 Å². The predicted octanol–water partition coefficient (Wildman–Crippen LogP) is 6.54. The summed E-state index contributed by atoms with van der Waals surface area (Å²) in [5.74, 6) is -0.0144. The minimum atomic E-state index is -2.76. The van der Waals surface area contributed by atoms with Gasteiger partial charge >= 0.3 is 0 Å². The Hall–Kier alpha value is -3.17. The van der Waals surface area contributed by atoms with Crippen molar-refractivity contribution in [1.29, 1.82) is 0 Å². The summed E-state index contributed by atoms with van der Waals surface area (Å²) in [5.41, 5.74) is 1.29. The number of carbonyl (C=O) groups is 1. The predicted molar refractivity (Wildman–Crippen MR) is 140 cm³/mol. The number of amides is 1. The van der Waals surface area contributed by atoms with E-state index in [0.29, 0.717) is 30.0 Å². The van der Waals surface area contributed by atoms with Crippen LogP contribution in [0.2, 0.25) is 0 Å². The highest BCUT2D eigenvalue weighted by molar-refractivity contribution is 5.96. The van der Waals surface area contributed by atoms with Crippen molar-refractivity contribution in [2.24, 2.45) is 11.3 Å². The van der Waals surface area contributed by atoms with E-state index in [1.165, 1.54) is 0 Å². The van der Waals surface area contributed by atoms with Crippen LogP contribution in [0.5, 0.6) is 0 Å². The average molecular weight is 550 g/mol. The highest BCUT2D eigenvalue weighted by Crippen LogP contribution is 2.58. The summed E-state index contributed by atoms with van der Waals surface area (Å²) < 4.78 is 39.0. The fourth-order valence-corrected chi connectivity index (χ4v) is 7.13. The van der Waals surface area contributed by atoms with Gasteiger partial charge < -0.3 is 13.9 Å². The van der Waals surface area contributed by atoms with Crippen LogP contribution in [0.25, 0.3) is 11.5 Å². The van der Waals surface area contributed by atoms with Crippen molar-refractivity contribution in [2.75, 3.05) is 11.4 Å². The third-order valence-corrected chi connectivity index (χ3v) is 10.2. The largest absolute Gasteiger partial charge is 0.339 e. The molecule has 0 spiro atoms. The number of benzene rings is 1. The number of aromatic nitrogens is 4. The topological polar surface area (TPSA) is 98.2 Å². The van der Waals surface area contributed by atoms with Gasteiger partial charge in [0, 0.05) is 53.8 Å². The van der Waals surface area contributed by atoms with E-state index < -0.39 is 11.8 Å². The maximum absolute atomic E-state index is 13.8. The molecule has 6 fully saturated rings. The van der Waals surface area contributed by atoms with Crippen molar-refractivity contribution in [2.45, 2.75) is 100 Å². The lowest BCUT2D eigenvalue weighted by molar-refractivity contribution is -0.148. The fraction of sp³-hybridized carbons (Fsp3) is 0.633. The van der Waals surface area contributed by atoms with Crippen molar-refractivity contribution in [3.63, 3.8) is 0 Å². The summed E-state index contributed by atoms with van der Waals surface area (Å²) in [4.78, 5) is 24.9. The first-order chi connectivity index (χ1) is 19.3. The number of hydrogen-bond acceptors (Lipinski definition) is 7. The van der Waals surface area contributed by atoms with Gasteiger partial charge in [0.05, 0.1) is 0 Å². The SMILES string of the molecule is O=C(C1CC(F)(F)C1)N(CC12CCC(c3nc(C4CC4)no3)(CC1)CC2)c1cccc(-c2nc(C3CC3)no2)c1. The van der Waals surface area contributed by atoms with Crippen LogP contribution in [0, 0.1) is 11.3 Å². The first kappa shape index (κ1) is 24.6. The second-order valence-corrected chi connectivity index (χ2v) is 13.2. The zero-order valence-corrected chi connectivity index (χ0v) is 22.5. The lowest BCUT2D eigenvalue weighted by atomic mass is 9.53. The minimum absolute atomic E-state index is 0.0668. The number of fused-ring (bicyclic) bond motifs is 3. The number of rotatable bonds is 8. The first-order valence-corrected chi connectivity index (χ1v) is 14.8. The van der Waals surface area contributed by atoms with E-state index in [-0.39, 0.29) is 29.6 Å². The van der Waals surface area contributed by atoms with E-state index in [9.17, 15) is 13.6 Å². The molecule has 8 nitrogen and oxygen atoms in total. The number of nitrogens with zero attached hydrogens (tertiary/aromatic N) is 5. The number of alkyl halides is 2. The third kappa shape index (κ3) is 4.25. The van der Waals surface area contributed by atoms with Crippen molar-refractivity contribution in [1.82, 2.24) is 20.3 Å². The van der Waals surface area contributed by atoms with Gasteiger partial charge in [-0.1, -0.05) is 16.4 Å². The van der Waals surface area contributed by atoms with Gasteiger partial charge in [-0.25, -0.2) is 8.78 Å². The Balaban J connectivity index is 1.05. The van der Waals surface area contributed by atoms with Gasteiger partial charge in [0.15, 0.2) is 11.6 Å². The van der Waals surface area contributed by atoms with Crippen molar-refractivity contribution < 1.29 is 22.6 Å². The molecule has 2 aromatic heterocycles. The van der Waals surface area contributed by atoms with Crippen molar-refractivity contribution >= 4 is 11.6 Å². The Kier molecular flexibility index (Phi) is 5.33. The summed E-state index contributed by atoms with van der Waals surface area (Å²) >= 11 is 0. The molecule has 0 unspecified atom stereocenters. The Labute approximate surface area is 230 Å². The Morgan fingerprint density at radius 3 is 2.20 bits per heavy atom. The van der Waals surface area contributed by atoms with Crippen LogP contribution in [0.4, 0.5) is 14.5 Å². The maximum Gasteiger partial charge on any atom is 0.258 e. The first-order valence-electron chi connectivity index (χ1n) is 14.8. The summed E-state index contributed by atoms with van der Waals surface area (Å²) in [5, 5.41) is 8.40. The molecule has 6 aliphatic carbocycles. The molecular formula is C30H33F2N5O3. The minimum Gasteiger partial charge on any atom is -0.339 e. The summed E-state index contributed by atoms with van der Waals surface area (Å²) in [6.07, 6.45) is 9.29. The van der Waals surface area contributed by atoms with Gasteiger partial charge in [-0.3, -0.25) is 4.79 Å². The van der Waals surface area contributed by atoms with Gasteiger partial charge in [-0.2, -0.15) is 9.97 Å². The van der Waals surface area contributed by atoms with Crippen LogP contribution in [-0.2, 0) is 10.2 Å². The molecule has 210 valence electrons. The van der Waals surface area contributed by atoms with Crippen LogP contribution in [0.1, 0.15) is 106 Å². The molecule has 1 aromatic carbocycles. The normalized spacial score (nSPS) is 29.4. The molecule has 10 heteroatoms. The molecule has 0 N–H and O–H groups in total. The van der Waals surface area contributed by atoms with Crippen LogP contribution in [-0.4, -0.2) is 38.7 Å². The highest BCUT2D eigenvalue weighted by atomic mass is 19.3. The molecule has 0 radical (unpaired) electrons. The van der Waals surface area contributed by atoms with Gasteiger partial charge in [0.25, 0.3) is 5.89 Å². The highest BCUT2D eigenvalue weighted by Gasteiger charge is 2.55. The second-order valence-electron chi connectivity index (χ2n) is 13.2. The standard InChI is InChI=1S/C30H33F2N5O3/c31-30(32)15-21(16-30)26(38)37(22-3-1-2-20(14-22)25-33-23(35-39-25)18-4-5-18)17-28-8-11-29(12-9-28,13-10-28)27-34-24(36-40-27)19-6-7-19/h1-3,14,18-19,21H,4-13,15-17H2. The molecule has 2 bridgehead atoms. The van der Waals surface area contributed by atoms with Gasteiger partial charge in [-0.15, -0.1) is 0 Å². The average Bonchev–Trinajstić information content (AvgIpc) is 3.89. The number of anilines is 1. The smallest absolute Gasteiger partial charge is 0.258 e. The number of halogens is 2. The van der Waals surface area contributed by atoms with E-state index in [0.717, 1.165) is 87.3 Å². The van der Waals surface area contributed by atoms with Crippen LogP contribution in [0.3, 0.4) is 0 Å². The zero-order chi connectivity index (χ0) is 27.1. The molecule has 1 amide bonds. The Morgan fingerprint density at radius 2 is 1.55 bits per heavy atom. The molecule has 2 heterocycles. The molecule has 6 aliphatic rings. The molecule has 6 saturated carbocycles. The van der Waals surface area contributed by atoms with E-state index in [2.05, 4.69) is 15.3 Å². The molecule has 0 atom stereocenters. The van der Waals surface area contributed by atoms with Gasteiger partial charge in [0.2, 0.25) is 17.7 Å². The summed E-state index contributed by atoms with van der Waals surface area (Å²) in [7, 11) is 0. The molecular weight excluding hydrogens is 516 g/mol. The van der Waals surface area contributed by atoms with E-state index in [1.807, 2.05) is 24.3 Å². The fourth-order valence-electron chi connectivity index (χ4n) is 7.13. The Morgan fingerprint density at radius 1 is 0.900 bits per heavy atom. The van der Waals surface area contributed by atoms with Crippen LogP contribution >= 0.6 is 0 Å². The van der Waals surface area contributed by atoms with Gasteiger partial charge in [-0.05, 0) is 87.8 Å². The summed E-state index contributed by atoms with van der Waals surface area (Å²) in [6.45, 7) is 0.516. The lowest BCUT2D eigenvalue weighted by Gasteiger charge is -2.53. The molecule has 0 saturated heterocycles. The quantitative estimate of drug-likeness (QED) is 0.314. The number of carbonyl (C=O) groups excluding carboxylic acids is 1. The molecule has 3 aromatic rings. The maximum atomic E-state index is 13.8. The van der Waals surface area contributed by atoms with E-state index >= 15 is 0 Å². The Bertz CT molecular complexity index is 1430. The molecule has 40 heavy (non-hydrogen) atoms. The second kappa shape index (κ2) is 8.66. The van der Waals surface area contributed by atoms with Crippen LogP contribution < -0.4 is 4.90 Å². The van der Waals surface area contributed by atoms with Crippen molar-refractivity contribution in [3.05, 3.63) is 41.8 Å².